The molecule has 0 bridgehead atoms. The van der Waals surface area contributed by atoms with Crippen LogP contribution in [0.15, 0.2) is 24.3 Å². The van der Waals surface area contributed by atoms with Crippen molar-refractivity contribution in [3.63, 3.8) is 0 Å². The van der Waals surface area contributed by atoms with Crippen molar-refractivity contribution in [2.45, 2.75) is 13.3 Å². The van der Waals surface area contributed by atoms with Crippen LogP contribution in [0, 0.1) is 0 Å². The summed E-state index contributed by atoms with van der Waals surface area (Å²) < 4.78 is 9.49. The van der Waals surface area contributed by atoms with Gasteiger partial charge in [0.1, 0.15) is 0 Å². The van der Waals surface area contributed by atoms with Gasteiger partial charge in [-0.15, -0.1) is 11.8 Å². The third-order valence-electron chi connectivity index (χ3n) is 2.52. The summed E-state index contributed by atoms with van der Waals surface area (Å²) in [5, 5.41) is 2.68. The van der Waals surface area contributed by atoms with Crippen LogP contribution in [0.4, 0.5) is 5.69 Å². The zero-order valence-corrected chi connectivity index (χ0v) is 13.4. The SMILES string of the molecule is CCCOC(=O)c1ccc(NC(=O)CSCC(=O)OC)cc1. The van der Waals surface area contributed by atoms with Gasteiger partial charge in [-0.1, -0.05) is 6.92 Å². The number of carbonyl (C=O) groups is 3. The van der Waals surface area contributed by atoms with Crippen molar-refractivity contribution in [1.29, 1.82) is 0 Å². The number of rotatable bonds is 8. The van der Waals surface area contributed by atoms with Gasteiger partial charge in [0.25, 0.3) is 0 Å². The topological polar surface area (TPSA) is 81.7 Å². The lowest BCUT2D eigenvalue weighted by molar-refractivity contribution is -0.137. The molecule has 22 heavy (non-hydrogen) atoms. The number of thioether (sulfide) groups is 1. The molecule has 0 spiro atoms. The van der Waals surface area contributed by atoms with Crippen LogP contribution in [-0.4, -0.2) is 43.1 Å². The highest BCUT2D eigenvalue weighted by Gasteiger charge is 2.08. The van der Waals surface area contributed by atoms with Gasteiger partial charge in [0.15, 0.2) is 0 Å². The lowest BCUT2D eigenvalue weighted by Crippen LogP contribution is -2.16. The summed E-state index contributed by atoms with van der Waals surface area (Å²) in [6.45, 7) is 2.30. The van der Waals surface area contributed by atoms with Crippen LogP contribution in [0.25, 0.3) is 0 Å². The van der Waals surface area contributed by atoms with Crippen molar-refractivity contribution >= 4 is 35.3 Å². The third kappa shape index (κ3) is 6.62. The van der Waals surface area contributed by atoms with Crippen LogP contribution in [0.2, 0.25) is 0 Å². The largest absolute Gasteiger partial charge is 0.468 e. The Kier molecular flexibility index (Phi) is 8.06. The van der Waals surface area contributed by atoms with Gasteiger partial charge in [-0.3, -0.25) is 9.59 Å². The Hall–Kier alpha value is -2.02. The number of carbonyl (C=O) groups excluding carboxylic acids is 3. The smallest absolute Gasteiger partial charge is 0.338 e. The van der Waals surface area contributed by atoms with E-state index in [9.17, 15) is 14.4 Å². The fourth-order valence-electron chi connectivity index (χ4n) is 1.45. The maximum Gasteiger partial charge on any atom is 0.338 e. The molecule has 1 amide bonds. The molecule has 7 heteroatoms. The average molecular weight is 325 g/mol. The minimum atomic E-state index is -0.381. The molecule has 0 aliphatic heterocycles. The van der Waals surface area contributed by atoms with Crippen LogP contribution < -0.4 is 5.32 Å². The van der Waals surface area contributed by atoms with E-state index < -0.39 is 0 Å². The first-order chi connectivity index (χ1) is 10.6. The molecule has 1 aromatic rings. The molecule has 1 N–H and O–H groups in total. The number of nitrogens with one attached hydrogen (secondary N) is 1. The van der Waals surface area contributed by atoms with Crippen LogP contribution in [0.1, 0.15) is 23.7 Å². The number of hydrogen-bond donors (Lipinski definition) is 1. The van der Waals surface area contributed by atoms with E-state index in [1.165, 1.54) is 18.9 Å². The van der Waals surface area contributed by atoms with Crippen LogP contribution in [0.5, 0.6) is 0 Å². The van der Waals surface area contributed by atoms with Crippen molar-refractivity contribution in [3.8, 4) is 0 Å². The van der Waals surface area contributed by atoms with Crippen molar-refractivity contribution < 1.29 is 23.9 Å². The molecule has 1 aromatic carbocycles. The van der Waals surface area contributed by atoms with Gasteiger partial charge in [0, 0.05) is 5.69 Å². The Balaban J connectivity index is 2.41. The van der Waals surface area contributed by atoms with Gasteiger partial charge < -0.3 is 14.8 Å². The summed E-state index contributed by atoms with van der Waals surface area (Å²) in [4.78, 5) is 34.2. The van der Waals surface area contributed by atoms with Gasteiger partial charge >= 0.3 is 11.9 Å². The third-order valence-corrected chi connectivity index (χ3v) is 3.43. The number of benzene rings is 1. The molecule has 6 nitrogen and oxygen atoms in total. The Morgan fingerprint density at radius 3 is 2.41 bits per heavy atom. The van der Waals surface area contributed by atoms with Crippen LogP contribution in [0.3, 0.4) is 0 Å². The van der Waals surface area contributed by atoms with Crippen LogP contribution in [-0.2, 0) is 19.1 Å². The predicted octanol–water partition coefficient (Wildman–Crippen LogP) is 2.10. The molecule has 0 heterocycles. The number of hydrogen-bond acceptors (Lipinski definition) is 6. The zero-order valence-electron chi connectivity index (χ0n) is 12.6. The van der Waals surface area contributed by atoms with Crippen molar-refractivity contribution in [1.82, 2.24) is 0 Å². The number of methoxy groups -OCH3 is 1. The summed E-state index contributed by atoms with van der Waals surface area (Å²) in [7, 11) is 1.30. The number of ether oxygens (including phenoxy) is 2. The highest BCUT2D eigenvalue weighted by Crippen LogP contribution is 2.11. The zero-order chi connectivity index (χ0) is 16.4. The summed E-state index contributed by atoms with van der Waals surface area (Å²) in [5.41, 5.74) is 1.02. The molecule has 0 aliphatic carbocycles. The number of esters is 2. The maximum absolute atomic E-state index is 11.7. The minimum Gasteiger partial charge on any atom is -0.468 e. The first kappa shape index (κ1) is 18.0. The average Bonchev–Trinajstić information content (AvgIpc) is 2.53. The van der Waals surface area contributed by atoms with E-state index >= 15 is 0 Å². The monoisotopic (exact) mass is 325 g/mol. The van der Waals surface area contributed by atoms with Crippen molar-refractivity contribution in [3.05, 3.63) is 29.8 Å². The van der Waals surface area contributed by atoms with Gasteiger partial charge in [-0.25, -0.2) is 4.79 Å². The summed E-state index contributed by atoms with van der Waals surface area (Å²) in [5.74, 6) is -0.696. The molecule has 0 saturated heterocycles. The van der Waals surface area contributed by atoms with Gasteiger partial charge in [0.2, 0.25) is 5.91 Å². The Morgan fingerprint density at radius 1 is 1.14 bits per heavy atom. The first-order valence-electron chi connectivity index (χ1n) is 6.78. The summed E-state index contributed by atoms with van der Waals surface area (Å²) in [6, 6.07) is 6.45. The van der Waals surface area contributed by atoms with Gasteiger partial charge in [-0.2, -0.15) is 0 Å². The molecule has 0 fully saturated rings. The summed E-state index contributed by atoms with van der Waals surface area (Å²) in [6.07, 6.45) is 0.767. The molecule has 0 radical (unpaired) electrons. The van der Waals surface area contributed by atoms with E-state index in [0.29, 0.717) is 17.9 Å². The molecule has 1 rings (SSSR count). The quantitative estimate of drug-likeness (QED) is 0.737. The van der Waals surface area contributed by atoms with Crippen molar-refractivity contribution in [2.24, 2.45) is 0 Å². The van der Waals surface area contributed by atoms with E-state index in [-0.39, 0.29) is 29.4 Å². The molecule has 120 valence electrons. The standard InChI is InChI=1S/C15H19NO5S/c1-3-8-21-15(19)11-4-6-12(7-5-11)16-13(17)9-22-10-14(18)20-2/h4-7H,3,8-10H2,1-2H3,(H,16,17). The molecular weight excluding hydrogens is 306 g/mol. The maximum atomic E-state index is 11.7. The van der Waals surface area contributed by atoms with E-state index in [4.69, 9.17) is 4.74 Å². The van der Waals surface area contributed by atoms with E-state index in [1.54, 1.807) is 24.3 Å². The first-order valence-corrected chi connectivity index (χ1v) is 7.94. The second-order valence-corrected chi connectivity index (χ2v) is 5.32. The summed E-state index contributed by atoms with van der Waals surface area (Å²) >= 11 is 1.17. The van der Waals surface area contributed by atoms with E-state index in [2.05, 4.69) is 10.1 Å². The minimum absolute atomic E-state index is 0.131. The lowest BCUT2D eigenvalue weighted by atomic mass is 10.2. The molecule has 0 aromatic heterocycles. The number of amides is 1. The number of anilines is 1. The lowest BCUT2D eigenvalue weighted by Gasteiger charge is -2.06. The molecule has 0 saturated carbocycles. The molecular formula is C15H19NO5S. The highest BCUT2D eigenvalue weighted by molar-refractivity contribution is 8.00. The second kappa shape index (κ2) is 9.83. The van der Waals surface area contributed by atoms with Gasteiger partial charge in [0.05, 0.1) is 30.8 Å². The van der Waals surface area contributed by atoms with E-state index in [0.717, 1.165) is 6.42 Å². The van der Waals surface area contributed by atoms with Crippen LogP contribution >= 0.6 is 11.8 Å². The Bertz CT molecular complexity index is 515. The Labute approximate surface area is 133 Å². The van der Waals surface area contributed by atoms with Crippen molar-refractivity contribution in [2.75, 3.05) is 30.5 Å². The predicted molar refractivity (Wildman–Crippen MR) is 85.0 cm³/mol. The molecule has 0 unspecified atom stereocenters. The molecule has 0 atom stereocenters. The Morgan fingerprint density at radius 2 is 1.82 bits per heavy atom. The fourth-order valence-corrected chi connectivity index (χ4v) is 2.09. The van der Waals surface area contributed by atoms with E-state index in [1.807, 2.05) is 6.92 Å². The molecule has 0 aliphatic rings. The highest BCUT2D eigenvalue weighted by atomic mass is 32.2. The van der Waals surface area contributed by atoms with Gasteiger partial charge in [-0.05, 0) is 30.7 Å². The fraction of sp³-hybridized carbons (Fsp3) is 0.400. The second-order valence-electron chi connectivity index (χ2n) is 4.33. The normalized spacial score (nSPS) is 9.91.